The zero-order chi connectivity index (χ0) is 18.7. The predicted molar refractivity (Wildman–Crippen MR) is 103 cm³/mol. The Balaban J connectivity index is 1.82. The molecule has 1 aromatic rings. The van der Waals surface area contributed by atoms with E-state index in [9.17, 15) is 4.79 Å². The first-order chi connectivity index (χ1) is 12.5. The number of rotatable bonds is 4. The maximum absolute atomic E-state index is 12.3. The third-order valence-electron chi connectivity index (χ3n) is 4.37. The maximum atomic E-state index is 12.3. The summed E-state index contributed by atoms with van der Waals surface area (Å²) in [7, 11) is 6.80. The Kier molecular flexibility index (Phi) is 5.73. The van der Waals surface area contributed by atoms with E-state index in [1.165, 1.54) is 11.8 Å². The van der Waals surface area contributed by atoms with Gasteiger partial charge in [0, 0.05) is 26.2 Å². The molecule has 1 amide bonds. The molecule has 0 spiro atoms. The topological polar surface area (TPSA) is 63.6 Å². The van der Waals surface area contributed by atoms with Crippen LogP contribution in [0, 0.1) is 0 Å². The number of hydrogen-bond acceptors (Lipinski definition) is 7. The van der Waals surface area contributed by atoms with Gasteiger partial charge < -0.3 is 24.0 Å². The predicted octanol–water partition coefficient (Wildman–Crippen LogP) is 1.93. The van der Waals surface area contributed by atoms with Crippen molar-refractivity contribution in [1.29, 1.82) is 0 Å². The van der Waals surface area contributed by atoms with Crippen LogP contribution in [0.5, 0.6) is 17.2 Å². The summed E-state index contributed by atoms with van der Waals surface area (Å²) in [5, 5.41) is 0.779. The normalized spacial score (nSPS) is 19.7. The zero-order valence-corrected chi connectivity index (χ0v) is 16.3. The van der Waals surface area contributed by atoms with E-state index in [0.29, 0.717) is 22.2 Å². The average molecular weight is 377 g/mol. The Bertz CT molecular complexity index is 730. The molecule has 3 rings (SSSR count). The largest absolute Gasteiger partial charge is 0.493 e. The van der Waals surface area contributed by atoms with Gasteiger partial charge in [0.25, 0.3) is 5.91 Å². The molecule has 2 aliphatic heterocycles. The van der Waals surface area contributed by atoms with Gasteiger partial charge in [0.2, 0.25) is 5.75 Å². The average Bonchev–Trinajstić information content (AvgIpc) is 3.01. The van der Waals surface area contributed by atoms with Gasteiger partial charge in [0.15, 0.2) is 16.7 Å². The number of hydrogen-bond donors (Lipinski definition) is 0. The number of carbonyl (C=O) groups excluding carboxylic acids is 1. The van der Waals surface area contributed by atoms with Crippen molar-refractivity contribution < 1.29 is 19.0 Å². The molecule has 0 radical (unpaired) electrons. The Morgan fingerprint density at radius 2 is 1.65 bits per heavy atom. The Morgan fingerprint density at radius 3 is 2.19 bits per heavy atom. The smallest absolute Gasteiger partial charge is 0.286 e. The van der Waals surface area contributed by atoms with Crippen LogP contribution in [0.4, 0.5) is 0 Å². The van der Waals surface area contributed by atoms with Crippen LogP contribution in [0.2, 0.25) is 0 Å². The second-order valence-electron chi connectivity index (χ2n) is 6.06. The SMILES string of the molecule is COc1cc(/C=C2/SC(N3CCN(C)CC3)=NC2=O)cc(OC)c1OC. The number of amidine groups is 1. The minimum absolute atomic E-state index is 0.210. The molecule has 1 aromatic carbocycles. The van der Waals surface area contributed by atoms with E-state index >= 15 is 0 Å². The van der Waals surface area contributed by atoms with Gasteiger partial charge in [-0.15, -0.1) is 0 Å². The molecule has 26 heavy (non-hydrogen) atoms. The van der Waals surface area contributed by atoms with Gasteiger partial charge in [-0.05, 0) is 42.6 Å². The van der Waals surface area contributed by atoms with Gasteiger partial charge in [-0.2, -0.15) is 4.99 Å². The molecule has 8 heteroatoms. The lowest BCUT2D eigenvalue weighted by Gasteiger charge is -2.32. The Hall–Kier alpha value is -2.19. The third-order valence-corrected chi connectivity index (χ3v) is 5.41. The molecule has 0 N–H and O–H groups in total. The summed E-state index contributed by atoms with van der Waals surface area (Å²) in [4.78, 5) is 21.6. The minimum atomic E-state index is -0.210. The number of likely N-dealkylation sites (N-methyl/N-ethyl adjacent to an activating group) is 1. The summed E-state index contributed by atoms with van der Waals surface area (Å²) >= 11 is 1.41. The summed E-state index contributed by atoms with van der Waals surface area (Å²) in [5.41, 5.74) is 0.796. The summed E-state index contributed by atoms with van der Waals surface area (Å²) < 4.78 is 16.1. The summed E-state index contributed by atoms with van der Waals surface area (Å²) in [6.07, 6.45) is 1.81. The van der Waals surface area contributed by atoms with Gasteiger partial charge in [0.05, 0.1) is 26.2 Å². The molecular formula is C18H23N3O4S. The minimum Gasteiger partial charge on any atom is -0.493 e. The molecular weight excluding hydrogens is 354 g/mol. The van der Waals surface area contributed by atoms with Gasteiger partial charge >= 0.3 is 0 Å². The molecule has 0 bridgehead atoms. The lowest BCUT2D eigenvalue weighted by Crippen LogP contribution is -2.46. The first kappa shape index (κ1) is 18.6. The van der Waals surface area contributed by atoms with Crippen molar-refractivity contribution in [2.45, 2.75) is 0 Å². The highest BCUT2D eigenvalue weighted by Crippen LogP contribution is 2.40. The molecule has 0 atom stereocenters. The highest BCUT2D eigenvalue weighted by atomic mass is 32.2. The molecule has 0 saturated carbocycles. The van der Waals surface area contributed by atoms with Crippen molar-refractivity contribution in [1.82, 2.24) is 9.80 Å². The van der Waals surface area contributed by atoms with Crippen molar-refractivity contribution in [2.24, 2.45) is 4.99 Å². The van der Waals surface area contributed by atoms with Crippen LogP contribution in [0.1, 0.15) is 5.56 Å². The van der Waals surface area contributed by atoms with Crippen LogP contribution >= 0.6 is 11.8 Å². The first-order valence-corrected chi connectivity index (χ1v) is 9.13. The van der Waals surface area contributed by atoms with Crippen LogP contribution in [0.3, 0.4) is 0 Å². The van der Waals surface area contributed by atoms with E-state index < -0.39 is 0 Å². The molecule has 1 fully saturated rings. The van der Waals surface area contributed by atoms with Crippen molar-refractivity contribution in [2.75, 3.05) is 54.6 Å². The number of methoxy groups -OCH3 is 3. The molecule has 2 heterocycles. The molecule has 0 aliphatic carbocycles. The fourth-order valence-electron chi connectivity index (χ4n) is 2.87. The lowest BCUT2D eigenvalue weighted by molar-refractivity contribution is -0.113. The van der Waals surface area contributed by atoms with E-state index in [4.69, 9.17) is 14.2 Å². The second-order valence-corrected chi connectivity index (χ2v) is 7.07. The van der Waals surface area contributed by atoms with Crippen molar-refractivity contribution >= 4 is 28.9 Å². The van der Waals surface area contributed by atoms with Gasteiger partial charge in [-0.3, -0.25) is 4.79 Å². The fraction of sp³-hybridized carbons (Fsp3) is 0.444. The fourth-order valence-corrected chi connectivity index (χ4v) is 3.83. The van der Waals surface area contributed by atoms with Crippen LogP contribution in [0.15, 0.2) is 22.0 Å². The third kappa shape index (κ3) is 3.81. The van der Waals surface area contributed by atoms with Crippen LogP contribution in [-0.2, 0) is 4.79 Å². The zero-order valence-electron chi connectivity index (χ0n) is 15.4. The molecule has 0 aromatic heterocycles. The van der Waals surface area contributed by atoms with E-state index in [1.807, 2.05) is 18.2 Å². The number of carbonyl (C=O) groups is 1. The van der Waals surface area contributed by atoms with Crippen molar-refractivity contribution in [3.8, 4) is 17.2 Å². The number of ether oxygens (including phenoxy) is 3. The van der Waals surface area contributed by atoms with Crippen LogP contribution < -0.4 is 14.2 Å². The quantitative estimate of drug-likeness (QED) is 0.743. The van der Waals surface area contributed by atoms with E-state index in [1.54, 1.807) is 21.3 Å². The lowest BCUT2D eigenvalue weighted by atomic mass is 10.1. The number of amides is 1. The second kappa shape index (κ2) is 8.01. The molecule has 140 valence electrons. The molecule has 1 saturated heterocycles. The van der Waals surface area contributed by atoms with Crippen LogP contribution in [-0.4, -0.2) is 75.4 Å². The van der Waals surface area contributed by atoms with Gasteiger partial charge in [0.1, 0.15) is 0 Å². The summed E-state index contributed by atoms with van der Waals surface area (Å²) in [6, 6.07) is 3.63. The number of piperazine rings is 1. The maximum Gasteiger partial charge on any atom is 0.286 e. The standard InChI is InChI=1S/C18H23N3O4S/c1-20-5-7-21(8-6-20)18-19-17(22)15(26-18)11-12-9-13(23-2)16(25-4)14(10-12)24-3/h9-11H,5-8H2,1-4H3/b15-11+. The van der Waals surface area contributed by atoms with Gasteiger partial charge in [-0.25, -0.2) is 0 Å². The number of thioether (sulfide) groups is 1. The molecule has 0 unspecified atom stereocenters. The highest BCUT2D eigenvalue weighted by molar-refractivity contribution is 8.18. The Labute approximate surface area is 157 Å². The van der Waals surface area contributed by atoms with E-state index in [0.717, 1.165) is 36.9 Å². The van der Waals surface area contributed by atoms with E-state index in [-0.39, 0.29) is 5.91 Å². The number of benzene rings is 1. The Morgan fingerprint density at radius 1 is 1.04 bits per heavy atom. The van der Waals surface area contributed by atoms with Crippen molar-refractivity contribution in [3.05, 3.63) is 22.6 Å². The monoisotopic (exact) mass is 377 g/mol. The summed E-state index contributed by atoms with van der Waals surface area (Å²) in [5.74, 6) is 1.42. The van der Waals surface area contributed by atoms with E-state index in [2.05, 4.69) is 21.8 Å². The van der Waals surface area contributed by atoms with Crippen LogP contribution in [0.25, 0.3) is 6.08 Å². The number of nitrogens with zero attached hydrogens (tertiary/aromatic N) is 3. The van der Waals surface area contributed by atoms with Gasteiger partial charge in [-0.1, -0.05) is 0 Å². The molecule has 2 aliphatic rings. The highest BCUT2D eigenvalue weighted by Gasteiger charge is 2.28. The summed E-state index contributed by atoms with van der Waals surface area (Å²) in [6.45, 7) is 3.71. The molecule has 7 nitrogen and oxygen atoms in total. The van der Waals surface area contributed by atoms with Crippen molar-refractivity contribution in [3.63, 3.8) is 0 Å². The number of aliphatic imine (C=N–C) groups is 1. The first-order valence-electron chi connectivity index (χ1n) is 8.31.